The summed E-state index contributed by atoms with van der Waals surface area (Å²) < 4.78 is 5.22. The molecule has 0 amide bonds. The number of hydrogen-bond acceptors (Lipinski definition) is 4. The second-order valence-electron chi connectivity index (χ2n) is 5.29. The molecule has 0 saturated heterocycles. The molecule has 20 heavy (non-hydrogen) atoms. The molecule has 1 saturated carbocycles. The van der Waals surface area contributed by atoms with Crippen molar-refractivity contribution in [2.24, 2.45) is 5.92 Å². The molecule has 1 heterocycles. The minimum Gasteiger partial charge on any atom is -0.447 e. The quantitative estimate of drug-likeness (QED) is 0.685. The van der Waals surface area contributed by atoms with E-state index >= 15 is 0 Å². The predicted molar refractivity (Wildman–Crippen MR) is 79.2 cm³/mol. The fraction of sp³-hybridized carbons (Fsp3) is 0.562. The largest absolute Gasteiger partial charge is 0.447 e. The maximum absolute atomic E-state index is 12.5. The van der Waals surface area contributed by atoms with Crippen LogP contribution in [-0.2, 0) is 15.1 Å². The Morgan fingerprint density at radius 2 is 2.25 bits per heavy atom. The van der Waals surface area contributed by atoms with Gasteiger partial charge in [-0.1, -0.05) is 31.2 Å². The lowest BCUT2D eigenvalue weighted by Gasteiger charge is -2.36. The summed E-state index contributed by atoms with van der Waals surface area (Å²) in [5, 5.41) is 12.9. The summed E-state index contributed by atoms with van der Waals surface area (Å²) in [6.07, 6.45) is 9.55. The van der Waals surface area contributed by atoms with Gasteiger partial charge in [-0.05, 0) is 31.2 Å². The monoisotopic (exact) mass is 292 g/mol. The van der Waals surface area contributed by atoms with Gasteiger partial charge in [0, 0.05) is 10.8 Å². The number of esters is 1. The number of carbonyl (C=O) groups excluding carboxylic acids is 1. The second kappa shape index (κ2) is 6.43. The molecule has 0 radical (unpaired) electrons. The standard InChI is InChI=1S/C16H20O3S/c1-3-12(2)19-15(17)16(18,14-10-7-11-20-14)13-8-5-4-6-9-13/h1,7,10-13,18H,4-6,8-9H2,2H3. The maximum atomic E-state index is 12.5. The molecule has 4 heteroatoms. The predicted octanol–water partition coefficient (Wildman–Crippen LogP) is 3.08. The van der Waals surface area contributed by atoms with Crippen molar-refractivity contribution >= 4 is 17.3 Å². The van der Waals surface area contributed by atoms with E-state index in [0.29, 0.717) is 4.88 Å². The zero-order valence-electron chi connectivity index (χ0n) is 11.7. The molecule has 2 atom stereocenters. The van der Waals surface area contributed by atoms with E-state index in [1.54, 1.807) is 13.0 Å². The fourth-order valence-electron chi connectivity index (χ4n) is 2.77. The van der Waals surface area contributed by atoms with Gasteiger partial charge in [-0.15, -0.1) is 17.8 Å². The van der Waals surface area contributed by atoms with Crippen LogP contribution in [0.5, 0.6) is 0 Å². The van der Waals surface area contributed by atoms with E-state index in [2.05, 4.69) is 5.92 Å². The van der Waals surface area contributed by atoms with Gasteiger partial charge < -0.3 is 9.84 Å². The highest BCUT2D eigenvalue weighted by Gasteiger charge is 2.48. The van der Waals surface area contributed by atoms with Crippen LogP contribution in [0.4, 0.5) is 0 Å². The van der Waals surface area contributed by atoms with E-state index in [4.69, 9.17) is 11.2 Å². The van der Waals surface area contributed by atoms with Gasteiger partial charge in [-0.25, -0.2) is 4.79 Å². The molecule has 2 unspecified atom stereocenters. The lowest BCUT2D eigenvalue weighted by Crippen LogP contribution is -2.45. The highest BCUT2D eigenvalue weighted by molar-refractivity contribution is 7.10. The first kappa shape index (κ1) is 15.1. The van der Waals surface area contributed by atoms with E-state index in [1.165, 1.54) is 11.3 Å². The third kappa shape index (κ3) is 2.89. The van der Waals surface area contributed by atoms with Crippen LogP contribution in [-0.4, -0.2) is 17.2 Å². The Morgan fingerprint density at radius 3 is 2.80 bits per heavy atom. The lowest BCUT2D eigenvalue weighted by molar-refractivity contribution is -0.177. The molecule has 2 rings (SSSR count). The smallest absolute Gasteiger partial charge is 0.345 e. The number of carbonyl (C=O) groups is 1. The van der Waals surface area contributed by atoms with Crippen LogP contribution < -0.4 is 0 Å². The fourth-order valence-corrected chi connectivity index (χ4v) is 3.66. The second-order valence-corrected chi connectivity index (χ2v) is 6.24. The Morgan fingerprint density at radius 1 is 1.55 bits per heavy atom. The van der Waals surface area contributed by atoms with Crippen molar-refractivity contribution in [3.63, 3.8) is 0 Å². The van der Waals surface area contributed by atoms with Crippen LogP contribution in [0, 0.1) is 18.3 Å². The number of aliphatic hydroxyl groups is 1. The molecule has 108 valence electrons. The van der Waals surface area contributed by atoms with Gasteiger partial charge in [0.25, 0.3) is 0 Å². The molecule has 3 nitrogen and oxygen atoms in total. The summed E-state index contributed by atoms with van der Waals surface area (Å²) in [6.45, 7) is 1.63. The van der Waals surface area contributed by atoms with Gasteiger partial charge in [0.15, 0.2) is 11.7 Å². The molecule has 1 aromatic rings. The number of ether oxygens (including phenoxy) is 1. The molecule has 0 aliphatic heterocycles. The number of rotatable bonds is 4. The van der Waals surface area contributed by atoms with E-state index in [1.807, 2.05) is 11.4 Å². The van der Waals surface area contributed by atoms with Gasteiger partial charge in [0.05, 0.1) is 0 Å². The van der Waals surface area contributed by atoms with Crippen LogP contribution in [0.1, 0.15) is 43.9 Å². The molecule has 0 spiro atoms. The van der Waals surface area contributed by atoms with Crippen molar-refractivity contribution in [2.45, 2.75) is 50.7 Å². The first-order chi connectivity index (χ1) is 9.59. The minimum absolute atomic E-state index is 0.0904. The summed E-state index contributed by atoms with van der Waals surface area (Å²) >= 11 is 1.38. The molecular weight excluding hydrogens is 272 g/mol. The molecule has 0 bridgehead atoms. The zero-order valence-corrected chi connectivity index (χ0v) is 12.5. The first-order valence-corrected chi connectivity index (χ1v) is 7.90. The minimum atomic E-state index is -1.56. The van der Waals surface area contributed by atoms with E-state index in [0.717, 1.165) is 32.1 Å². The van der Waals surface area contributed by atoms with Crippen molar-refractivity contribution in [3.05, 3.63) is 22.4 Å². The molecule has 1 N–H and O–H groups in total. The highest BCUT2D eigenvalue weighted by Crippen LogP contribution is 2.42. The van der Waals surface area contributed by atoms with Crippen molar-refractivity contribution < 1.29 is 14.6 Å². The average Bonchev–Trinajstić information content (AvgIpc) is 3.01. The van der Waals surface area contributed by atoms with Crippen LogP contribution >= 0.6 is 11.3 Å². The van der Waals surface area contributed by atoms with E-state index in [-0.39, 0.29) is 5.92 Å². The van der Waals surface area contributed by atoms with Crippen molar-refractivity contribution in [2.75, 3.05) is 0 Å². The number of terminal acetylenes is 1. The topological polar surface area (TPSA) is 46.5 Å². The Bertz CT molecular complexity index is 482. The average molecular weight is 292 g/mol. The SMILES string of the molecule is C#CC(C)OC(=O)C(O)(c1cccs1)C1CCCCC1. The van der Waals surface area contributed by atoms with Crippen molar-refractivity contribution in [1.82, 2.24) is 0 Å². The highest BCUT2D eigenvalue weighted by atomic mass is 32.1. The Hall–Kier alpha value is -1.31. The lowest BCUT2D eigenvalue weighted by atomic mass is 9.76. The molecule has 1 aliphatic rings. The van der Waals surface area contributed by atoms with Crippen LogP contribution in [0.15, 0.2) is 17.5 Å². The van der Waals surface area contributed by atoms with E-state index in [9.17, 15) is 9.90 Å². The summed E-state index contributed by atoms with van der Waals surface area (Å²) in [7, 11) is 0. The third-order valence-electron chi connectivity index (χ3n) is 3.92. The summed E-state index contributed by atoms with van der Waals surface area (Å²) in [4.78, 5) is 13.1. The first-order valence-electron chi connectivity index (χ1n) is 7.02. The van der Waals surface area contributed by atoms with Gasteiger partial charge in [0.1, 0.15) is 0 Å². The van der Waals surface area contributed by atoms with Gasteiger partial charge >= 0.3 is 5.97 Å². The number of hydrogen-bond donors (Lipinski definition) is 1. The number of thiophene rings is 1. The van der Waals surface area contributed by atoms with E-state index < -0.39 is 17.7 Å². The summed E-state index contributed by atoms with van der Waals surface area (Å²) in [5.41, 5.74) is -1.56. The third-order valence-corrected chi connectivity index (χ3v) is 4.92. The van der Waals surface area contributed by atoms with Crippen LogP contribution in [0.2, 0.25) is 0 Å². The van der Waals surface area contributed by atoms with Gasteiger partial charge in [0.2, 0.25) is 0 Å². The molecular formula is C16H20O3S. The maximum Gasteiger partial charge on any atom is 0.345 e. The summed E-state index contributed by atoms with van der Waals surface area (Å²) in [5.74, 6) is 1.66. The van der Waals surface area contributed by atoms with Crippen molar-refractivity contribution in [3.8, 4) is 12.3 Å². The zero-order chi connectivity index (χ0) is 14.6. The Balaban J connectivity index is 2.29. The van der Waals surface area contributed by atoms with Crippen LogP contribution in [0.25, 0.3) is 0 Å². The van der Waals surface area contributed by atoms with Gasteiger partial charge in [-0.3, -0.25) is 0 Å². The molecule has 1 aliphatic carbocycles. The molecule has 1 aromatic heterocycles. The van der Waals surface area contributed by atoms with Crippen LogP contribution in [0.3, 0.4) is 0 Å². The molecule has 1 fully saturated rings. The Kier molecular flexibility index (Phi) is 4.85. The molecule has 0 aromatic carbocycles. The van der Waals surface area contributed by atoms with Gasteiger partial charge in [-0.2, -0.15) is 0 Å². The normalized spacial score (nSPS) is 20.6. The van der Waals surface area contributed by atoms with Crippen molar-refractivity contribution in [1.29, 1.82) is 0 Å². The summed E-state index contributed by atoms with van der Waals surface area (Å²) in [6, 6.07) is 3.63. The Labute approximate surface area is 124 Å².